The lowest BCUT2D eigenvalue weighted by atomic mass is 9.98. The number of hydrogen-bond donors (Lipinski definition) is 0. The molecule has 1 atom stereocenters. The Bertz CT molecular complexity index is 241. The number of carbonyl (C=O) groups is 1. The molecule has 0 aromatic heterocycles. The van der Waals surface area contributed by atoms with Crippen LogP contribution in [0, 0.1) is 17.2 Å². The van der Waals surface area contributed by atoms with Gasteiger partial charge in [0.1, 0.15) is 5.38 Å². The summed E-state index contributed by atoms with van der Waals surface area (Å²) in [7, 11) is 0. The second-order valence-corrected chi connectivity index (χ2v) is 4.13. The number of carbonyl (C=O) groups excluding carboxylic acids is 1. The molecule has 0 aliphatic carbocycles. The molecule has 1 aliphatic rings. The lowest BCUT2D eigenvalue weighted by molar-refractivity contribution is -0.132. The number of likely N-dealkylation sites (tertiary alicyclic amines) is 1. The van der Waals surface area contributed by atoms with E-state index in [1.165, 1.54) is 0 Å². The Labute approximate surface area is 89.6 Å². The summed E-state index contributed by atoms with van der Waals surface area (Å²) < 4.78 is 0. The quantitative estimate of drug-likeness (QED) is 0.658. The number of amides is 1. The minimum atomic E-state index is -0.395. The van der Waals surface area contributed by atoms with Crippen LogP contribution in [0.4, 0.5) is 0 Å². The fraction of sp³-hybridized carbons (Fsp3) is 0.800. The van der Waals surface area contributed by atoms with Crippen molar-refractivity contribution in [2.75, 3.05) is 13.1 Å². The Morgan fingerprint density at radius 2 is 2.21 bits per heavy atom. The lowest BCUT2D eigenvalue weighted by Gasteiger charge is -2.30. The molecule has 1 saturated heterocycles. The van der Waals surface area contributed by atoms with E-state index in [1.807, 2.05) is 6.92 Å². The van der Waals surface area contributed by atoms with Gasteiger partial charge in [-0.1, -0.05) is 6.92 Å². The molecule has 0 bridgehead atoms. The second-order valence-electron chi connectivity index (χ2n) is 3.60. The maximum atomic E-state index is 11.6. The van der Waals surface area contributed by atoms with Gasteiger partial charge in [0.15, 0.2) is 0 Å². The molecule has 1 amide bonds. The highest BCUT2D eigenvalue weighted by Gasteiger charge is 2.25. The smallest absolute Gasteiger partial charge is 0.240 e. The topological polar surface area (TPSA) is 44.1 Å². The summed E-state index contributed by atoms with van der Waals surface area (Å²) in [6, 6.07) is 2.24. The standard InChI is InChI=1S/C10H15ClN2O/c1-2-9(11)10(14)13-5-3-8(7-12)4-6-13/h8-9H,2-6H2,1H3. The summed E-state index contributed by atoms with van der Waals surface area (Å²) in [5.74, 6) is 0.139. The van der Waals surface area contributed by atoms with Gasteiger partial charge in [0.25, 0.3) is 0 Å². The highest BCUT2D eigenvalue weighted by atomic mass is 35.5. The average Bonchev–Trinajstić information content (AvgIpc) is 2.27. The fourth-order valence-corrected chi connectivity index (χ4v) is 1.74. The minimum absolute atomic E-state index is 0.0190. The van der Waals surface area contributed by atoms with Crippen LogP contribution in [-0.2, 0) is 4.79 Å². The van der Waals surface area contributed by atoms with E-state index in [-0.39, 0.29) is 11.8 Å². The van der Waals surface area contributed by atoms with Crippen molar-refractivity contribution in [1.29, 1.82) is 5.26 Å². The van der Waals surface area contributed by atoms with Crippen LogP contribution in [0.25, 0.3) is 0 Å². The zero-order valence-corrected chi connectivity index (χ0v) is 9.13. The van der Waals surface area contributed by atoms with E-state index in [1.54, 1.807) is 4.90 Å². The molecule has 0 N–H and O–H groups in total. The van der Waals surface area contributed by atoms with Crippen molar-refractivity contribution in [1.82, 2.24) is 4.90 Å². The number of halogens is 1. The van der Waals surface area contributed by atoms with E-state index in [9.17, 15) is 4.79 Å². The molecule has 3 nitrogen and oxygen atoms in total. The molecule has 1 heterocycles. The molecular weight excluding hydrogens is 200 g/mol. The molecule has 14 heavy (non-hydrogen) atoms. The summed E-state index contributed by atoms with van der Waals surface area (Å²) in [5, 5.41) is 8.30. The highest BCUT2D eigenvalue weighted by Crippen LogP contribution is 2.18. The van der Waals surface area contributed by atoms with Crippen molar-refractivity contribution < 1.29 is 4.79 Å². The van der Waals surface area contributed by atoms with Crippen LogP contribution in [0.3, 0.4) is 0 Å². The first-order chi connectivity index (χ1) is 6.69. The first-order valence-electron chi connectivity index (χ1n) is 5.01. The Kier molecular flexibility index (Phi) is 4.21. The maximum Gasteiger partial charge on any atom is 0.240 e. The average molecular weight is 215 g/mol. The van der Waals surface area contributed by atoms with Crippen LogP contribution >= 0.6 is 11.6 Å². The summed E-state index contributed by atoms with van der Waals surface area (Å²) in [5.41, 5.74) is 0. The summed E-state index contributed by atoms with van der Waals surface area (Å²) in [6.07, 6.45) is 2.24. The molecule has 78 valence electrons. The normalized spacial score (nSPS) is 20.2. The molecule has 0 spiro atoms. The molecule has 0 aromatic rings. The molecule has 4 heteroatoms. The third-order valence-corrected chi connectivity index (χ3v) is 3.11. The van der Waals surface area contributed by atoms with E-state index in [2.05, 4.69) is 6.07 Å². The number of nitrogens with zero attached hydrogens (tertiary/aromatic N) is 2. The number of hydrogen-bond acceptors (Lipinski definition) is 2. The van der Waals surface area contributed by atoms with Crippen LogP contribution < -0.4 is 0 Å². The van der Waals surface area contributed by atoms with Gasteiger partial charge >= 0.3 is 0 Å². The molecule has 1 unspecified atom stereocenters. The molecule has 1 fully saturated rings. The van der Waals surface area contributed by atoms with Crippen LogP contribution in [0.1, 0.15) is 26.2 Å². The molecule has 0 radical (unpaired) electrons. The highest BCUT2D eigenvalue weighted by molar-refractivity contribution is 6.30. The lowest BCUT2D eigenvalue weighted by Crippen LogP contribution is -2.42. The van der Waals surface area contributed by atoms with Crippen molar-refractivity contribution in [2.24, 2.45) is 5.92 Å². The number of alkyl halides is 1. The largest absolute Gasteiger partial charge is 0.341 e. The first kappa shape index (κ1) is 11.3. The van der Waals surface area contributed by atoms with E-state index in [0.29, 0.717) is 19.5 Å². The predicted molar refractivity (Wildman–Crippen MR) is 54.8 cm³/mol. The van der Waals surface area contributed by atoms with Gasteiger partial charge in [0, 0.05) is 19.0 Å². The van der Waals surface area contributed by atoms with Crippen molar-refractivity contribution in [3.05, 3.63) is 0 Å². The summed E-state index contributed by atoms with van der Waals surface area (Å²) in [4.78, 5) is 13.4. The monoisotopic (exact) mass is 214 g/mol. The zero-order chi connectivity index (χ0) is 10.6. The van der Waals surface area contributed by atoms with Gasteiger partial charge in [-0.2, -0.15) is 5.26 Å². The van der Waals surface area contributed by atoms with Crippen molar-refractivity contribution >= 4 is 17.5 Å². The van der Waals surface area contributed by atoms with E-state index in [0.717, 1.165) is 12.8 Å². The van der Waals surface area contributed by atoms with E-state index in [4.69, 9.17) is 16.9 Å². The second kappa shape index (κ2) is 5.21. The van der Waals surface area contributed by atoms with Crippen LogP contribution in [0.2, 0.25) is 0 Å². The molecule has 0 saturated carbocycles. The Balaban J connectivity index is 2.42. The Morgan fingerprint density at radius 3 is 2.64 bits per heavy atom. The van der Waals surface area contributed by atoms with Gasteiger partial charge in [-0.3, -0.25) is 4.79 Å². The van der Waals surface area contributed by atoms with Gasteiger partial charge in [0.2, 0.25) is 5.91 Å². The number of piperidine rings is 1. The van der Waals surface area contributed by atoms with Crippen LogP contribution in [0.15, 0.2) is 0 Å². The predicted octanol–water partition coefficient (Wildman–Crippen LogP) is 1.77. The molecular formula is C10H15ClN2O. The maximum absolute atomic E-state index is 11.6. The Morgan fingerprint density at radius 1 is 1.64 bits per heavy atom. The first-order valence-corrected chi connectivity index (χ1v) is 5.45. The SMILES string of the molecule is CCC(Cl)C(=O)N1CCC(C#N)CC1. The van der Waals surface area contributed by atoms with Crippen molar-refractivity contribution in [2.45, 2.75) is 31.6 Å². The number of rotatable bonds is 2. The minimum Gasteiger partial charge on any atom is -0.341 e. The van der Waals surface area contributed by atoms with E-state index >= 15 is 0 Å². The van der Waals surface area contributed by atoms with Crippen LogP contribution in [0.5, 0.6) is 0 Å². The summed E-state index contributed by atoms with van der Waals surface area (Å²) >= 11 is 5.86. The third kappa shape index (κ3) is 2.62. The third-order valence-electron chi connectivity index (χ3n) is 2.62. The molecule has 0 aromatic carbocycles. The van der Waals surface area contributed by atoms with Gasteiger partial charge in [0.05, 0.1) is 6.07 Å². The van der Waals surface area contributed by atoms with Gasteiger partial charge in [-0.25, -0.2) is 0 Å². The number of nitriles is 1. The summed E-state index contributed by atoms with van der Waals surface area (Å²) in [6.45, 7) is 3.26. The van der Waals surface area contributed by atoms with Crippen molar-refractivity contribution in [3.8, 4) is 6.07 Å². The van der Waals surface area contributed by atoms with Crippen molar-refractivity contribution in [3.63, 3.8) is 0 Å². The van der Waals surface area contributed by atoms with Gasteiger partial charge in [-0.05, 0) is 19.3 Å². The van der Waals surface area contributed by atoms with E-state index < -0.39 is 5.38 Å². The molecule has 1 rings (SSSR count). The van der Waals surface area contributed by atoms with Gasteiger partial charge in [-0.15, -0.1) is 11.6 Å². The molecule has 1 aliphatic heterocycles. The Hall–Kier alpha value is -0.750. The fourth-order valence-electron chi connectivity index (χ4n) is 1.60. The van der Waals surface area contributed by atoms with Crippen LogP contribution in [-0.4, -0.2) is 29.3 Å². The van der Waals surface area contributed by atoms with Gasteiger partial charge < -0.3 is 4.90 Å². The zero-order valence-electron chi connectivity index (χ0n) is 8.37.